The zero-order chi connectivity index (χ0) is 10.7. The molecule has 1 nitrogen and oxygen atoms in total. The number of benzene rings is 1. The molecule has 0 aliphatic carbocycles. The molecule has 4 heteroatoms. The molecule has 78 valence electrons. The second kappa shape index (κ2) is 4.85. The number of hydrogen-bond acceptors (Lipinski definition) is 1. The lowest BCUT2D eigenvalue weighted by Gasteiger charge is -2.15. The summed E-state index contributed by atoms with van der Waals surface area (Å²) in [5, 5.41) is 3.75. The van der Waals surface area contributed by atoms with Crippen LogP contribution in [0.2, 0.25) is 10.0 Å². The van der Waals surface area contributed by atoms with Crippen LogP contribution in [-0.2, 0) is 0 Å². The van der Waals surface area contributed by atoms with E-state index in [1.165, 1.54) is 12.1 Å². The fourth-order valence-electron chi connectivity index (χ4n) is 1.03. The highest BCUT2D eigenvalue weighted by molar-refractivity contribution is 6.39. The third kappa shape index (κ3) is 2.76. The molecule has 1 N–H and O–H groups in total. The van der Waals surface area contributed by atoms with Gasteiger partial charge in [0.2, 0.25) is 0 Å². The van der Waals surface area contributed by atoms with E-state index in [-0.39, 0.29) is 6.04 Å². The van der Waals surface area contributed by atoms with Crippen LogP contribution in [0.4, 0.5) is 10.1 Å². The lowest BCUT2D eigenvalue weighted by Crippen LogP contribution is -2.14. The molecule has 1 atom stereocenters. The van der Waals surface area contributed by atoms with Gasteiger partial charge in [0.1, 0.15) is 5.82 Å². The molecule has 0 fully saturated rings. The second-order valence-electron chi connectivity index (χ2n) is 3.20. The van der Waals surface area contributed by atoms with Crippen molar-refractivity contribution in [2.75, 3.05) is 5.32 Å². The summed E-state index contributed by atoms with van der Waals surface area (Å²) in [5.41, 5.74) is 0.601. The van der Waals surface area contributed by atoms with E-state index in [1.54, 1.807) is 0 Å². The van der Waals surface area contributed by atoms with Crippen molar-refractivity contribution < 1.29 is 4.39 Å². The smallest absolute Gasteiger partial charge is 0.126 e. The zero-order valence-electron chi connectivity index (χ0n) is 8.07. The minimum absolute atomic E-state index is 0.260. The summed E-state index contributed by atoms with van der Waals surface area (Å²) in [6, 6.07) is 2.76. The van der Waals surface area contributed by atoms with Crippen LogP contribution in [0, 0.1) is 5.82 Å². The van der Waals surface area contributed by atoms with E-state index in [0.717, 1.165) is 6.42 Å². The molecule has 0 aromatic heterocycles. The molecule has 0 amide bonds. The second-order valence-corrected chi connectivity index (χ2v) is 4.01. The van der Waals surface area contributed by atoms with Gasteiger partial charge in [-0.25, -0.2) is 4.39 Å². The van der Waals surface area contributed by atoms with Crippen LogP contribution in [0.25, 0.3) is 0 Å². The maximum absolute atomic E-state index is 12.8. The van der Waals surface area contributed by atoms with Gasteiger partial charge < -0.3 is 5.32 Å². The van der Waals surface area contributed by atoms with Gasteiger partial charge in [-0.3, -0.25) is 0 Å². The van der Waals surface area contributed by atoms with Crippen molar-refractivity contribution in [3.05, 3.63) is 28.0 Å². The van der Waals surface area contributed by atoms with Crippen LogP contribution in [0.15, 0.2) is 12.1 Å². The first-order chi connectivity index (χ1) is 6.54. The van der Waals surface area contributed by atoms with E-state index < -0.39 is 5.82 Å². The van der Waals surface area contributed by atoms with Crippen molar-refractivity contribution in [3.8, 4) is 0 Å². The van der Waals surface area contributed by atoms with Crippen molar-refractivity contribution in [1.82, 2.24) is 0 Å². The molecular formula is C10H12Cl2FN. The van der Waals surface area contributed by atoms with Gasteiger partial charge in [-0.1, -0.05) is 30.1 Å². The maximum Gasteiger partial charge on any atom is 0.126 e. The van der Waals surface area contributed by atoms with Crippen LogP contribution in [-0.4, -0.2) is 6.04 Å². The predicted molar refractivity (Wildman–Crippen MR) is 59.8 cm³/mol. The summed E-state index contributed by atoms with van der Waals surface area (Å²) in [5.74, 6) is -0.422. The fourth-order valence-corrected chi connectivity index (χ4v) is 1.60. The number of anilines is 1. The summed E-state index contributed by atoms with van der Waals surface area (Å²) in [6.07, 6.45) is 0.948. The van der Waals surface area contributed by atoms with Crippen LogP contribution < -0.4 is 5.32 Å². The van der Waals surface area contributed by atoms with Crippen molar-refractivity contribution in [2.45, 2.75) is 26.3 Å². The average molecular weight is 236 g/mol. The monoisotopic (exact) mass is 235 g/mol. The quantitative estimate of drug-likeness (QED) is 0.822. The normalized spacial score (nSPS) is 12.6. The average Bonchev–Trinajstić information content (AvgIpc) is 2.10. The standard InChI is InChI=1S/C10H12Cl2FN/c1-3-6(2)14-10-8(11)4-7(13)5-9(10)12/h4-6,14H,3H2,1-2H3. The Morgan fingerprint density at radius 2 is 1.86 bits per heavy atom. The minimum atomic E-state index is -0.422. The Balaban J connectivity index is 2.96. The molecule has 1 unspecified atom stereocenters. The van der Waals surface area contributed by atoms with E-state index in [2.05, 4.69) is 5.32 Å². The van der Waals surface area contributed by atoms with Gasteiger partial charge in [-0.15, -0.1) is 0 Å². The van der Waals surface area contributed by atoms with Crippen molar-refractivity contribution in [1.29, 1.82) is 0 Å². The number of rotatable bonds is 3. The third-order valence-corrected chi connectivity index (χ3v) is 2.61. The van der Waals surface area contributed by atoms with Crippen LogP contribution in [0.3, 0.4) is 0 Å². The molecule has 0 saturated carbocycles. The molecule has 1 aromatic rings. The van der Waals surface area contributed by atoms with Gasteiger partial charge in [0.15, 0.2) is 0 Å². The molecular weight excluding hydrogens is 224 g/mol. The summed E-state index contributed by atoms with van der Waals surface area (Å²) in [7, 11) is 0. The summed E-state index contributed by atoms with van der Waals surface area (Å²) in [4.78, 5) is 0. The van der Waals surface area contributed by atoms with Crippen molar-refractivity contribution in [2.24, 2.45) is 0 Å². The SMILES string of the molecule is CCC(C)Nc1c(Cl)cc(F)cc1Cl. The Bertz CT molecular complexity index is 305. The number of hydrogen-bond donors (Lipinski definition) is 1. The fraction of sp³-hybridized carbons (Fsp3) is 0.400. The number of halogens is 3. The lowest BCUT2D eigenvalue weighted by atomic mass is 10.2. The molecule has 0 aliphatic heterocycles. The molecule has 0 bridgehead atoms. The van der Waals surface area contributed by atoms with E-state index in [1.807, 2.05) is 13.8 Å². The predicted octanol–water partition coefficient (Wildman–Crippen LogP) is 4.34. The maximum atomic E-state index is 12.8. The first-order valence-corrected chi connectivity index (χ1v) is 5.21. The van der Waals surface area contributed by atoms with Gasteiger partial charge >= 0.3 is 0 Å². The molecule has 0 heterocycles. The van der Waals surface area contributed by atoms with Crippen molar-refractivity contribution >= 4 is 28.9 Å². The lowest BCUT2D eigenvalue weighted by molar-refractivity contribution is 0.628. The Morgan fingerprint density at radius 3 is 2.29 bits per heavy atom. The largest absolute Gasteiger partial charge is 0.380 e. The highest BCUT2D eigenvalue weighted by atomic mass is 35.5. The third-order valence-electron chi connectivity index (χ3n) is 2.01. The van der Waals surface area contributed by atoms with E-state index in [4.69, 9.17) is 23.2 Å². The molecule has 0 saturated heterocycles. The summed E-state index contributed by atoms with van der Waals surface area (Å²) >= 11 is 11.7. The first-order valence-electron chi connectivity index (χ1n) is 4.45. The molecule has 0 radical (unpaired) electrons. The van der Waals surface area contributed by atoms with Crippen LogP contribution >= 0.6 is 23.2 Å². The van der Waals surface area contributed by atoms with Gasteiger partial charge in [0, 0.05) is 6.04 Å². The Morgan fingerprint density at radius 1 is 1.36 bits per heavy atom. The molecule has 1 rings (SSSR count). The summed E-state index contributed by atoms with van der Waals surface area (Å²) < 4.78 is 12.8. The molecule has 1 aromatic carbocycles. The van der Waals surface area contributed by atoms with E-state index in [9.17, 15) is 4.39 Å². The van der Waals surface area contributed by atoms with Crippen molar-refractivity contribution in [3.63, 3.8) is 0 Å². The Kier molecular flexibility index (Phi) is 4.02. The number of nitrogens with one attached hydrogen (secondary N) is 1. The van der Waals surface area contributed by atoms with Crippen LogP contribution in [0.5, 0.6) is 0 Å². The van der Waals surface area contributed by atoms with Gasteiger partial charge in [-0.05, 0) is 25.5 Å². The summed E-state index contributed by atoms with van der Waals surface area (Å²) in [6.45, 7) is 4.05. The minimum Gasteiger partial charge on any atom is -0.380 e. The first kappa shape index (κ1) is 11.6. The van der Waals surface area contributed by atoms with Gasteiger partial charge in [0.05, 0.1) is 15.7 Å². The highest BCUT2D eigenvalue weighted by Crippen LogP contribution is 2.31. The molecule has 0 aliphatic rings. The Hall–Kier alpha value is -0.470. The topological polar surface area (TPSA) is 12.0 Å². The highest BCUT2D eigenvalue weighted by Gasteiger charge is 2.09. The van der Waals surface area contributed by atoms with E-state index >= 15 is 0 Å². The van der Waals surface area contributed by atoms with E-state index in [0.29, 0.717) is 15.7 Å². The van der Waals surface area contributed by atoms with Gasteiger partial charge in [0.25, 0.3) is 0 Å². The van der Waals surface area contributed by atoms with Gasteiger partial charge in [-0.2, -0.15) is 0 Å². The zero-order valence-corrected chi connectivity index (χ0v) is 9.58. The van der Waals surface area contributed by atoms with Crippen LogP contribution in [0.1, 0.15) is 20.3 Å². The molecule has 0 spiro atoms. The Labute approximate surface area is 93.2 Å². The molecule has 14 heavy (non-hydrogen) atoms.